The molecule has 1 aliphatic carbocycles. The topological polar surface area (TPSA) is 38.0 Å². The van der Waals surface area contributed by atoms with Gasteiger partial charge < -0.3 is 0 Å². The Morgan fingerprint density at radius 3 is 2.35 bits per heavy atom. The third kappa shape index (κ3) is 3.30. The van der Waals surface area contributed by atoms with E-state index >= 15 is 0 Å². The molecule has 0 amide bonds. The third-order valence-electron chi connectivity index (χ3n) is 3.96. The van der Waals surface area contributed by atoms with Crippen molar-refractivity contribution < 1.29 is 17.6 Å². The monoisotopic (exact) mass is 290 g/mol. The van der Waals surface area contributed by atoms with E-state index in [0.29, 0.717) is 0 Å². The van der Waals surface area contributed by atoms with E-state index in [1.807, 2.05) is 0 Å². The molecular weight excluding hydrogens is 272 g/mol. The van der Waals surface area contributed by atoms with Crippen LogP contribution in [-0.4, -0.2) is 0 Å². The number of alkyl halides is 3. The highest BCUT2D eigenvalue weighted by Crippen LogP contribution is 2.37. The molecule has 0 spiro atoms. The first-order chi connectivity index (χ1) is 9.43. The summed E-state index contributed by atoms with van der Waals surface area (Å²) < 4.78 is 52.1. The van der Waals surface area contributed by atoms with Crippen molar-refractivity contribution in [2.24, 2.45) is 11.8 Å². The average Bonchev–Trinajstić information content (AvgIpc) is 2.41. The van der Waals surface area contributed by atoms with Gasteiger partial charge in [0.1, 0.15) is 5.82 Å². The summed E-state index contributed by atoms with van der Waals surface area (Å²) in [5.74, 6) is 4.89. The molecule has 0 aliphatic heterocycles. The highest BCUT2D eigenvalue weighted by atomic mass is 19.4. The highest BCUT2D eigenvalue weighted by molar-refractivity contribution is 5.30. The van der Waals surface area contributed by atoms with E-state index in [4.69, 9.17) is 5.84 Å². The van der Waals surface area contributed by atoms with E-state index in [-0.39, 0.29) is 11.5 Å². The summed E-state index contributed by atoms with van der Waals surface area (Å²) in [4.78, 5) is 0. The molecule has 2 nitrogen and oxygen atoms in total. The van der Waals surface area contributed by atoms with Crippen LogP contribution in [0.15, 0.2) is 18.2 Å². The fourth-order valence-corrected chi connectivity index (χ4v) is 2.91. The fraction of sp³-hybridized carbons (Fsp3) is 0.571. The van der Waals surface area contributed by atoms with E-state index in [2.05, 4.69) is 5.43 Å². The van der Waals surface area contributed by atoms with Crippen molar-refractivity contribution in [3.63, 3.8) is 0 Å². The molecule has 0 radical (unpaired) electrons. The number of nitrogens with two attached hydrogens (primary N) is 1. The second-order valence-corrected chi connectivity index (χ2v) is 5.28. The van der Waals surface area contributed by atoms with Crippen LogP contribution in [0, 0.1) is 11.7 Å². The molecule has 0 bridgehead atoms. The number of halogens is 4. The molecular formula is C14H18F4N2. The molecule has 1 fully saturated rings. The Hall–Kier alpha value is -1.14. The number of nitrogens with one attached hydrogen (secondary N) is 1. The number of hydrazine groups is 1. The quantitative estimate of drug-likeness (QED) is 0.503. The van der Waals surface area contributed by atoms with Crippen LogP contribution in [0.1, 0.15) is 49.3 Å². The van der Waals surface area contributed by atoms with Gasteiger partial charge in [-0.25, -0.2) is 4.39 Å². The van der Waals surface area contributed by atoms with Crippen LogP contribution >= 0.6 is 0 Å². The Bertz CT molecular complexity index is 453. The molecule has 0 saturated heterocycles. The van der Waals surface area contributed by atoms with Crippen molar-refractivity contribution in [2.75, 3.05) is 0 Å². The molecule has 1 aliphatic rings. The standard InChI is InChI=1S/C14H18F4N2/c15-12-7-6-10(14(16,17)18)8-11(12)13(20-19)9-4-2-1-3-5-9/h6-9,13,20H,1-5,19H2. The summed E-state index contributed by atoms with van der Waals surface area (Å²) in [6.07, 6.45) is 0.342. The summed E-state index contributed by atoms with van der Waals surface area (Å²) in [7, 11) is 0. The van der Waals surface area contributed by atoms with Gasteiger partial charge >= 0.3 is 6.18 Å². The lowest BCUT2D eigenvalue weighted by atomic mass is 9.81. The van der Waals surface area contributed by atoms with Crippen molar-refractivity contribution >= 4 is 0 Å². The Balaban J connectivity index is 2.32. The second kappa shape index (κ2) is 6.10. The lowest BCUT2D eigenvalue weighted by Gasteiger charge is -2.30. The molecule has 1 saturated carbocycles. The van der Waals surface area contributed by atoms with Crippen LogP contribution in [0.3, 0.4) is 0 Å². The minimum absolute atomic E-state index is 0.00854. The molecule has 1 aromatic carbocycles. The first kappa shape index (κ1) is 15.3. The van der Waals surface area contributed by atoms with Crippen LogP contribution in [-0.2, 0) is 6.18 Å². The smallest absolute Gasteiger partial charge is 0.271 e. The molecule has 0 aromatic heterocycles. The number of hydrogen-bond donors (Lipinski definition) is 2. The zero-order chi connectivity index (χ0) is 14.8. The van der Waals surface area contributed by atoms with Gasteiger partial charge in [-0.2, -0.15) is 13.2 Å². The molecule has 1 aromatic rings. The molecule has 3 N–H and O–H groups in total. The molecule has 6 heteroatoms. The summed E-state index contributed by atoms with van der Waals surface area (Å²) in [6.45, 7) is 0. The van der Waals surface area contributed by atoms with Gasteiger partial charge in [-0.3, -0.25) is 11.3 Å². The van der Waals surface area contributed by atoms with Crippen molar-refractivity contribution in [2.45, 2.75) is 44.3 Å². The molecule has 0 heterocycles. The van der Waals surface area contributed by atoms with Crippen LogP contribution in [0.2, 0.25) is 0 Å². The van der Waals surface area contributed by atoms with E-state index < -0.39 is 23.6 Å². The van der Waals surface area contributed by atoms with E-state index in [0.717, 1.165) is 50.3 Å². The molecule has 1 atom stereocenters. The maximum atomic E-state index is 13.9. The Morgan fingerprint density at radius 2 is 1.80 bits per heavy atom. The van der Waals surface area contributed by atoms with Gasteiger partial charge in [0, 0.05) is 5.56 Å². The largest absolute Gasteiger partial charge is 0.416 e. The molecule has 20 heavy (non-hydrogen) atoms. The molecule has 1 unspecified atom stereocenters. The minimum Gasteiger partial charge on any atom is -0.271 e. The van der Waals surface area contributed by atoms with E-state index in [1.165, 1.54) is 0 Å². The van der Waals surface area contributed by atoms with Crippen LogP contribution < -0.4 is 11.3 Å². The van der Waals surface area contributed by atoms with Crippen LogP contribution in [0.25, 0.3) is 0 Å². The summed E-state index contributed by atoms with van der Waals surface area (Å²) in [6, 6.07) is 1.92. The molecule has 112 valence electrons. The lowest BCUT2D eigenvalue weighted by molar-refractivity contribution is -0.137. The predicted octanol–water partition coefficient (Wildman–Crippen LogP) is 3.93. The van der Waals surface area contributed by atoms with Crippen LogP contribution in [0.4, 0.5) is 17.6 Å². The highest BCUT2D eigenvalue weighted by Gasteiger charge is 2.33. The summed E-state index contributed by atoms with van der Waals surface area (Å²) in [5.41, 5.74) is 1.67. The van der Waals surface area contributed by atoms with E-state index in [9.17, 15) is 17.6 Å². The van der Waals surface area contributed by atoms with Crippen molar-refractivity contribution in [3.05, 3.63) is 35.1 Å². The summed E-state index contributed by atoms with van der Waals surface area (Å²) >= 11 is 0. The average molecular weight is 290 g/mol. The molecule has 2 rings (SSSR count). The van der Waals surface area contributed by atoms with Gasteiger partial charge in [0.2, 0.25) is 0 Å². The Kier molecular flexibility index (Phi) is 4.65. The van der Waals surface area contributed by atoms with Gasteiger partial charge in [-0.1, -0.05) is 19.3 Å². The first-order valence-corrected chi connectivity index (χ1v) is 6.76. The van der Waals surface area contributed by atoms with Gasteiger partial charge in [0.25, 0.3) is 0 Å². The lowest BCUT2D eigenvalue weighted by Crippen LogP contribution is -2.35. The van der Waals surface area contributed by atoms with Crippen molar-refractivity contribution in [1.29, 1.82) is 0 Å². The summed E-state index contributed by atoms with van der Waals surface area (Å²) in [5, 5.41) is 0. The zero-order valence-corrected chi connectivity index (χ0v) is 11.0. The van der Waals surface area contributed by atoms with Gasteiger partial charge in [0.05, 0.1) is 11.6 Å². The number of benzene rings is 1. The SMILES string of the molecule is NNC(c1cc(C(F)(F)F)ccc1F)C1CCCCC1. The van der Waals surface area contributed by atoms with E-state index in [1.54, 1.807) is 0 Å². The Morgan fingerprint density at radius 1 is 1.15 bits per heavy atom. The number of hydrogen-bond acceptors (Lipinski definition) is 2. The Labute approximate surface area is 115 Å². The predicted molar refractivity (Wildman–Crippen MR) is 68.0 cm³/mol. The van der Waals surface area contributed by atoms with Crippen LogP contribution in [0.5, 0.6) is 0 Å². The fourth-order valence-electron chi connectivity index (χ4n) is 2.91. The van der Waals surface area contributed by atoms with Crippen molar-refractivity contribution in [3.8, 4) is 0 Å². The minimum atomic E-state index is -4.48. The van der Waals surface area contributed by atoms with Gasteiger partial charge in [-0.15, -0.1) is 0 Å². The number of rotatable bonds is 3. The van der Waals surface area contributed by atoms with Crippen molar-refractivity contribution in [1.82, 2.24) is 5.43 Å². The maximum Gasteiger partial charge on any atom is 0.416 e. The second-order valence-electron chi connectivity index (χ2n) is 5.28. The zero-order valence-electron chi connectivity index (χ0n) is 11.0. The maximum absolute atomic E-state index is 13.9. The van der Waals surface area contributed by atoms with Gasteiger partial charge in [0.15, 0.2) is 0 Å². The first-order valence-electron chi connectivity index (χ1n) is 6.76. The third-order valence-corrected chi connectivity index (χ3v) is 3.96. The normalized spacial score (nSPS) is 19.1. The van der Waals surface area contributed by atoms with Gasteiger partial charge in [-0.05, 0) is 37.0 Å².